The van der Waals surface area contributed by atoms with Gasteiger partial charge in [0.15, 0.2) is 0 Å². The van der Waals surface area contributed by atoms with E-state index in [1.807, 2.05) is 37.3 Å². The molecule has 156 valence electrons. The highest BCUT2D eigenvalue weighted by atomic mass is 16.7. The van der Waals surface area contributed by atoms with Crippen LogP contribution in [0.2, 0.25) is 0 Å². The van der Waals surface area contributed by atoms with Crippen molar-refractivity contribution in [3.63, 3.8) is 0 Å². The first-order chi connectivity index (χ1) is 14.5. The van der Waals surface area contributed by atoms with Crippen LogP contribution >= 0.6 is 0 Å². The van der Waals surface area contributed by atoms with Crippen LogP contribution in [0.4, 0.5) is 0 Å². The number of ether oxygens (including phenoxy) is 3. The quantitative estimate of drug-likeness (QED) is 0.589. The highest BCUT2D eigenvalue weighted by molar-refractivity contribution is 5.77. The lowest BCUT2D eigenvalue weighted by Crippen LogP contribution is -2.47. The van der Waals surface area contributed by atoms with E-state index in [9.17, 15) is 4.79 Å². The Morgan fingerprint density at radius 2 is 1.77 bits per heavy atom. The molecule has 3 aromatic rings. The Morgan fingerprint density at radius 3 is 2.40 bits per heavy atom. The smallest absolute Gasteiger partial charge is 0.366 e. The molecule has 0 spiro atoms. The second-order valence-corrected chi connectivity index (χ2v) is 7.56. The van der Waals surface area contributed by atoms with Crippen molar-refractivity contribution in [3.05, 3.63) is 77.2 Å². The maximum atomic E-state index is 11.8. The lowest BCUT2D eigenvalue weighted by molar-refractivity contribution is -0.264. The fourth-order valence-electron chi connectivity index (χ4n) is 3.50. The second kappa shape index (κ2) is 8.42. The molecule has 0 atom stereocenters. The average molecular weight is 407 g/mol. The first kappa shape index (κ1) is 20.3. The number of hydrogen-bond donors (Lipinski definition) is 0. The van der Waals surface area contributed by atoms with Crippen molar-refractivity contribution in [1.82, 2.24) is 4.98 Å². The van der Waals surface area contributed by atoms with Gasteiger partial charge in [-0.3, -0.25) is 0 Å². The zero-order chi connectivity index (χ0) is 21.1. The number of hydrogen-bond acceptors (Lipinski definition) is 6. The molecule has 6 heteroatoms. The molecule has 0 bridgehead atoms. The summed E-state index contributed by atoms with van der Waals surface area (Å²) in [6, 6.07) is 18.2. The predicted molar refractivity (Wildman–Crippen MR) is 111 cm³/mol. The summed E-state index contributed by atoms with van der Waals surface area (Å²) in [5.74, 6) is -0.310. The van der Waals surface area contributed by atoms with E-state index in [0.717, 1.165) is 28.1 Å². The number of aromatic nitrogens is 1. The van der Waals surface area contributed by atoms with Gasteiger partial charge in [0, 0.05) is 24.8 Å². The number of rotatable bonds is 5. The molecule has 1 aromatic heterocycles. The van der Waals surface area contributed by atoms with E-state index in [1.54, 1.807) is 6.92 Å². The zero-order valence-electron chi connectivity index (χ0n) is 17.4. The van der Waals surface area contributed by atoms with Gasteiger partial charge in [-0.25, -0.2) is 9.78 Å². The van der Waals surface area contributed by atoms with Gasteiger partial charge in [-0.15, -0.1) is 0 Å². The summed E-state index contributed by atoms with van der Waals surface area (Å²) in [4.78, 5) is 16.5. The standard InChI is InChI=1S/C24H25NO5/c1-16-21(25-22(30-16)19-7-5-4-6-8-19)13-17-9-11-18(12-10-17)20-14-28-24(2,29-15-20)23(26)27-3/h4-12,20H,13-15H2,1-3H3/t20-,24+. The van der Waals surface area contributed by atoms with Gasteiger partial charge in [0.05, 0.1) is 26.0 Å². The SMILES string of the molecule is COC(=O)[C@]1(C)OC[C@H](c2ccc(Cc3nc(-c4ccccc4)oc3C)cc2)CO1. The second-order valence-electron chi connectivity index (χ2n) is 7.56. The van der Waals surface area contributed by atoms with Crippen LogP contribution in [0.3, 0.4) is 0 Å². The molecule has 1 aliphatic heterocycles. The van der Waals surface area contributed by atoms with Crippen molar-refractivity contribution < 1.29 is 23.4 Å². The molecule has 0 N–H and O–H groups in total. The molecule has 2 aromatic carbocycles. The number of benzene rings is 2. The first-order valence-corrected chi connectivity index (χ1v) is 9.95. The molecule has 0 unspecified atom stereocenters. The summed E-state index contributed by atoms with van der Waals surface area (Å²) in [6.45, 7) is 4.32. The van der Waals surface area contributed by atoms with Crippen LogP contribution in [-0.4, -0.2) is 37.1 Å². The topological polar surface area (TPSA) is 70.8 Å². The Kier molecular flexibility index (Phi) is 5.70. The summed E-state index contributed by atoms with van der Waals surface area (Å²) in [6.07, 6.45) is 0.695. The third-order valence-electron chi connectivity index (χ3n) is 5.41. The number of aryl methyl sites for hydroxylation is 1. The van der Waals surface area contributed by atoms with Crippen LogP contribution in [0.5, 0.6) is 0 Å². The maximum Gasteiger partial charge on any atom is 0.366 e. The summed E-state index contributed by atoms with van der Waals surface area (Å²) in [5, 5.41) is 0. The molecule has 2 heterocycles. The molecule has 1 aliphatic rings. The number of carbonyl (C=O) groups is 1. The third-order valence-corrected chi connectivity index (χ3v) is 5.41. The molecule has 0 aliphatic carbocycles. The van der Waals surface area contributed by atoms with Gasteiger partial charge in [-0.1, -0.05) is 42.5 Å². The molecular weight excluding hydrogens is 382 g/mol. The molecular formula is C24H25NO5. The van der Waals surface area contributed by atoms with Gasteiger partial charge in [-0.2, -0.15) is 0 Å². The molecule has 30 heavy (non-hydrogen) atoms. The number of nitrogens with zero attached hydrogens (tertiary/aromatic N) is 1. The fraction of sp³-hybridized carbons (Fsp3) is 0.333. The van der Waals surface area contributed by atoms with Crippen LogP contribution in [0, 0.1) is 6.92 Å². The summed E-state index contributed by atoms with van der Waals surface area (Å²) < 4.78 is 21.9. The Morgan fingerprint density at radius 1 is 1.10 bits per heavy atom. The molecule has 0 radical (unpaired) electrons. The maximum absolute atomic E-state index is 11.8. The minimum Gasteiger partial charge on any atom is -0.465 e. The summed E-state index contributed by atoms with van der Waals surface area (Å²) in [5.41, 5.74) is 4.15. The minimum atomic E-state index is -1.33. The van der Waals surface area contributed by atoms with E-state index in [4.69, 9.17) is 18.6 Å². The largest absolute Gasteiger partial charge is 0.465 e. The van der Waals surface area contributed by atoms with Crippen LogP contribution < -0.4 is 0 Å². The molecule has 6 nitrogen and oxygen atoms in total. The van der Waals surface area contributed by atoms with Crippen molar-refractivity contribution in [2.45, 2.75) is 32.0 Å². The zero-order valence-corrected chi connectivity index (χ0v) is 17.4. The highest BCUT2D eigenvalue weighted by Gasteiger charge is 2.41. The predicted octanol–water partition coefficient (Wildman–Crippen LogP) is 4.26. The van der Waals surface area contributed by atoms with E-state index < -0.39 is 11.8 Å². The molecule has 1 fully saturated rings. The van der Waals surface area contributed by atoms with Gasteiger partial charge in [0.25, 0.3) is 5.79 Å². The van der Waals surface area contributed by atoms with Crippen LogP contribution in [0.25, 0.3) is 11.5 Å². The first-order valence-electron chi connectivity index (χ1n) is 9.95. The monoisotopic (exact) mass is 407 g/mol. The lowest BCUT2D eigenvalue weighted by Gasteiger charge is -2.35. The van der Waals surface area contributed by atoms with Crippen molar-refractivity contribution in [1.29, 1.82) is 0 Å². The number of esters is 1. The van der Waals surface area contributed by atoms with Crippen LogP contribution in [-0.2, 0) is 25.4 Å². The van der Waals surface area contributed by atoms with E-state index in [1.165, 1.54) is 7.11 Å². The van der Waals surface area contributed by atoms with Gasteiger partial charge < -0.3 is 18.6 Å². The van der Waals surface area contributed by atoms with Crippen molar-refractivity contribution in [2.75, 3.05) is 20.3 Å². The normalized spacial score (nSPS) is 21.4. The van der Waals surface area contributed by atoms with Crippen LogP contribution in [0.1, 0.15) is 35.4 Å². The van der Waals surface area contributed by atoms with Crippen LogP contribution in [0.15, 0.2) is 59.0 Å². The Balaban J connectivity index is 1.42. The van der Waals surface area contributed by atoms with E-state index >= 15 is 0 Å². The molecule has 0 amide bonds. The van der Waals surface area contributed by atoms with Gasteiger partial charge >= 0.3 is 5.97 Å². The van der Waals surface area contributed by atoms with E-state index in [2.05, 4.69) is 29.2 Å². The Labute approximate surface area is 175 Å². The van der Waals surface area contributed by atoms with Crippen molar-refractivity contribution in [2.24, 2.45) is 0 Å². The summed E-state index contributed by atoms with van der Waals surface area (Å²) in [7, 11) is 1.32. The fourth-order valence-corrected chi connectivity index (χ4v) is 3.50. The third kappa shape index (κ3) is 4.15. The lowest BCUT2D eigenvalue weighted by atomic mass is 9.97. The van der Waals surface area contributed by atoms with E-state index in [-0.39, 0.29) is 5.92 Å². The van der Waals surface area contributed by atoms with Gasteiger partial charge in [0.2, 0.25) is 5.89 Å². The summed E-state index contributed by atoms with van der Waals surface area (Å²) >= 11 is 0. The van der Waals surface area contributed by atoms with Gasteiger partial charge in [0.1, 0.15) is 5.76 Å². The molecule has 4 rings (SSSR count). The Hall–Kier alpha value is -2.96. The number of oxazole rings is 1. The highest BCUT2D eigenvalue weighted by Crippen LogP contribution is 2.29. The van der Waals surface area contributed by atoms with Crippen molar-refractivity contribution in [3.8, 4) is 11.5 Å². The minimum absolute atomic E-state index is 0.0650. The molecule has 0 saturated carbocycles. The van der Waals surface area contributed by atoms with Gasteiger partial charge in [-0.05, 0) is 30.2 Å². The Bertz CT molecular complexity index is 1000. The average Bonchev–Trinajstić information content (AvgIpc) is 3.15. The number of methoxy groups -OCH3 is 1. The number of carbonyl (C=O) groups excluding carboxylic acids is 1. The van der Waals surface area contributed by atoms with E-state index in [0.29, 0.717) is 25.5 Å². The molecule has 1 saturated heterocycles. The van der Waals surface area contributed by atoms with Crippen molar-refractivity contribution >= 4 is 5.97 Å².